The fourth-order valence-corrected chi connectivity index (χ4v) is 1.47. The van der Waals surface area contributed by atoms with Crippen molar-refractivity contribution in [1.82, 2.24) is 9.97 Å². The Hall–Kier alpha value is -0.740. The number of hydrogen-bond donors (Lipinski definition) is 0. The molecule has 0 aliphatic carbocycles. The van der Waals surface area contributed by atoms with Gasteiger partial charge in [-0.25, -0.2) is 4.98 Å². The van der Waals surface area contributed by atoms with Gasteiger partial charge in [0.25, 0.3) is 0 Å². The number of aromatic nitrogens is 2. The Labute approximate surface area is 98.9 Å². The zero-order valence-electron chi connectivity index (χ0n) is 8.79. The second-order valence-electron chi connectivity index (χ2n) is 3.07. The third kappa shape index (κ3) is 4.53. The van der Waals surface area contributed by atoms with Crippen LogP contribution in [0.5, 0.6) is 5.88 Å². The van der Waals surface area contributed by atoms with E-state index in [0.717, 1.165) is 12.0 Å². The Kier molecular flexibility index (Phi) is 4.91. The Morgan fingerprint density at radius 1 is 1.60 bits per heavy atom. The maximum absolute atomic E-state index is 5.81. The molecule has 0 amide bonds. The van der Waals surface area contributed by atoms with Crippen molar-refractivity contribution < 1.29 is 4.74 Å². The van der Waals surface area contributed by atoms with Crippen molar-refractivity contribution in [3.8, 4) is 5.88 Å². The smallest absolute Gasteiger partial charge is 0.218 e. The highest BCUT2D eigenvalue weighted by Crippen LogP contribution is 2.18. The second-order valence-corrected chi connectivity index (χ2v) is 4.23. The van der Waals surface area contributed by atoms with Gasteiger partial charge in [-0.2, -0.15) is 4.98 Å². The highest BCUT2D eigenvalue weighted by molar-refractivity contribution is 7.98. The third-order valence-corrected chi connectivity index (χ3v) is 2.35. The molecular weight excluding hydrogens is 232 g/mol. The summed E-state index contributed by atoms with van der Waals surface area (Å²) in [6.07, 6.45) is 2.71. The molecular formula is C10H13ClN2OS. The number of halogens is 1. The Morgan fingerprint density at radius 3 is 2.93 bits per heavy atom. The zero-order chi connectivity index (χ0) is 11.3. The highest BCUT2D eigenvalue weighted by atomic mass is 35.5. The Morgan fingerprint density at radius 2 is 2.33 bits per heavy atom. The predicted molar refractivity (Wildman–Crippen MR) is 63.7 cm³/mol. The largest absolute Gasteiger partial charge is 0.477 e. The normalized spacial score (nSPS) is 10.1. The van der Waals surface area contributed by atoms with E-state index in [1.807, 2.05) is 13.2 Å². The summed E-state index contributed by atoms with van der Waals surface area (Å²) in [5, 5.41) is 1.02. The molecule has 5 heteroatoms. The van der Waals surface area contributed by atoms with Gasteiger partial charge >= 0.3 is 0 Å². The van der Waals surface area contributed by atoms with Crippen molar-refractivity contribution >= 4 is 23.4 Å². The number of rotatable bonds is 5. The summed E-state index contributed by atoms with van der Waals surface area (Å²) in [5.74, 6) is 0.514. The van der Waals surface area contributed by atoms with Gasteiger partial charge in [0, 0.05) is 12.5 Å². The maximum atomic E-state index is 5.81. The number of nitrogens with zero attached hydrogens (tertiary/aromatic N) is 2. The molecule has 0 radical (unpaired) electrons. The fraction of sp³-hybridized carbons (Fsp3) is 0.400. The molecule has 15 heavy (non-hydrogen) atoms. The molecule has 0 aliphatic rings. The fourth-order valence-electron chi connectivity index (χ4n) is 0.872. The molecule has 82 valence electrons. The van der Waals surface area contributed by atoms with Crippen molar-refractivity contribution in [1.29, 1.82) is 0 Å². The first-order valence-electron chi connectivity index (χ1n) is 4.47. The molecule has 0 aromatic carbocycles. The van der Waals surface area contributed by atoms with Crippen LogP contribution in [0.2, 0.25) is 5.15 Å². The molecule has 3 nitrogen and oxygen atoms in total. The molecule has 1 heterocycles. The van der Waals surface area contributed by atoms with Crippen LogP contribution in [0.4, 0.5) is 0 Å². The van der Waals surface area contributed by atoms with E-state index < -0.39 is 0 Å². The quantitative estimate of drug-likeness (QED) is 0.345. The van der Waals surface area contributed by atoms with Crippen LogP contribution in [-0.2, 0) is 0 Å². The summed E-state index contributed by atoms with van der Waals surface area (Å²) in [7, 11) is 0. The standard InChI is InChI=1S/C10H13ClN2OS/c1-7(2)4-5-14-9-6-8(11)12-10(13-9)15-3/h6H,1,4-5H2,2-3H3. The molecule has 1 aromatic heterocycles. The average molecular weight is 245 g/mol. The SMILES string of the molecule is C=C(C)CCOc1cc(Cl)nc(SC)n1. The van der Waals surface area contributed by atoms with Gasteiger partial charge in [-0.3, -0.25) is 0 Å². The van der Waals surface area contributed by atoms with E-state index in [4.69, 9.17) is 16.3 Å². The molecule has 0 spiro atoms. The van der Waals surface area contributed by atoms with Gasteiger partial charge in [0.05, 0.1) is 6.61 Å². The van der Waals surface area contributed by atoms with E-state index in [-0.39, 0.29) is 0 Å². The lowest BCUT2D eigenvalue weighted by molar-refractivity contribution is 0.306. The van der Waals surface area contributed by atoms with Crippen molar-refractivity contribution in [2.24, 2.45) is 0 Å². The van der Waals surface area contributed by atoms with Gasteiger partial charge in [0.2, 0.25) is 5.88 Å². The zero-order valence-corrected chi connectivity index (χ0v) is 10.4. The maximum Gasteiger partial charge on any atom is 0.218 e. The van der Waals surface area contributed by atoms with Gasteiger partial charge in [0.1, 0.15) is 5.15 Å². The first-order chi connectivity index (χ1) is 7.11. The van der Waals surface area contributed by atoms with Crippen LogP contribution in [0, 0.1) is 0 Å². The number of thioether (sulfide) groups is 1. The van der Waals surface area contributed by atoms with E-state index in [9.17, 15) is 0 Å². The molecule has 0 atom stereocenters. The molecule has 0 saturated heterocycles. The van der Waals surface area contributed by atoms with Crippen LogP contribution < -0.4 is 4.74 Å². The van der Waals surface area contributed by atoms with Crippen molar-refractivity contribution in [3.63, 3.8) is 0 Å². The minimum Gasteiger partial charge on any atom is -0.477 e. The van der Waals surface area contributed by atoms with Gasteiger partial charge in [0.15, 0.2) is 5.16 Å². The first kappa shape index (κ1) is 12.3. The molecule has 1 aromatic rings. The molecule has 0 N–H and O–H groups in total. The van der Waals surface area contributed by atoms with E-state index in [1.165, 1.54) is 11.8 Å². The summed E-state index contributed by atoms with van der Waals surface area (Å²) in [6, 6.07) is 1.61. The molecule has 0 bridgehead atoms. The third-order valence-electron chi connectivity index (χ3n) is 1.61. The predicted octanol–water partition coefficient (Wildman–Crippen LogP) is 3.20. The molecule has 0 fully saturated rings. The molecule has 1 rings (SSSR count). The van der Waals surface area contributed by atoms with Crippen molar-refractivity contribution in [2.45, 2.75) is 18.5 Å². The van der Waals surface area contributed by atoms with E-state index in [1.54, 1.807) is 6.07 Å². The number of hydrogen-bond acceptors (Lipinski definition) is 4. The van der Waals surface area contributed by atoms with Crippen LogP contribution in [0.15, 0.2) is 23.4 Å². The van der Waals surface area contributed by atoms with Crippen molar-refractivity contribution in [3.05, 3.63) is 23.4 Å². The summed E-state index contributed by atoms with van der Waals surface area (Å²) >= 11 is 7.24. The lowest BCUT2D eigenvalue weighted by Gasteiger charge is -2.06. The summed E-state index contributed by atoms with van der Waals surface area (Å²) in [5.41, 5.74) is 1.08. The van der Waals surface area contributed by atoms with Gasteiger partial charge in [-0.1, -0.05) is 28.9 Å². The van der Waals surface area contributed by atoms with Crippen LogP contribution in [0.25, 0.3) is 0 Å². The Balaban J connectivity index is 2.60. The van der Waals surface area contributed by atoms with Crippen LogP contribution >= 0.6 is 23.4 Å². The van der Waals surface area contributed by atoms with E-state index in [2.05, 4.69) is 16.5 Å². The van der Waals surface area contributed by atoms with E-state index >= 15 is 0 Å². The molecule has 0 aliphatic heterocycles. The molecule has 0 unspecified atom stereocenters. The summed E-state index contributed by atoms with van der Waals surface area (Å²) in [6.45, 7) is 6.32. The monoisotopic (exact) mass is 244 g/mol. The minimum absolute atomic E-state index is 0.402. The topological polar surface area (TPSA) is 35.0 Å². The van der Waals surface area contributed by atoms with Crippen LogP contribution in [-0.4, -0.2) is 22.8 Å². The summed E-state index contributed by atoms with van der Waals surface area (Å²) < 4.78 is 5.43. The first-order valence-corrected chi connectivity index (χ1v) is 6.08. The van der Waals surface area contributed by atoms with Crippen LogP contribution in [0.1, 0.15) is 13.3 Å². The minimum atomic E-state index is 0.402. The lowest BCUT2D eigenvalue weighted by Crippen LogP contribution is -2.00. The van der Waals surface area contributed by atoms with Crippen molar-refractivity contribution in [2.75, 3.05) is 12.9 Å². The number of ether oxygens (including phenoxy) is 1. The van der Waals surface area contributed by atoms with E-state index in [0.29, 0.717) is 22.8 Å². The lowest BCUT2D eigenvalue weighted by atomic mass is 10.3. The highest BCUT2D eigenvalue weighted by Gasteiger charge is 2.03. The van der Waals surface area contributed by atoms with Gasteiger partial charge < -0.3 is 4.74 Å². The molecule has 0 saturated carbocycles. The van der Waals surface area contributed by atoms with Gasteiger partial charge in [-0.15, -0.1) is 6.58 Å². The summed E-state index contributed by atoms with van der Waals surface area (Å²) in [4.78, 5) is 8.18. The van der Waals surface area contributed by atoms with Gasteiger partial charge in [-0.05, 0) is 13.2 Å². The average Bonchev–Trinajstić information content (AvgIpc) is 2.16. The Bertz CT molecular complexity index is 357. The second kappa shape index (κ2) is 5.98. The van der Waals surface area contributed by atoms with Crippen LogP contribution in [0.3, 0.4) is 0 Å².